The number of amides is 14. The molecule has 1 heterocycles. The highest BCUT2D eigenvalue weighted by molar-refractivity contribution is 6.01. The molecule has 0 saturated carbocycles. The van der Waals surface area contributed by atoms with Crippen LogP contribution in [0.15, 0.2) is 176 Å². The zero-order valence-corrected chi connectivity index (χ0v) is 70.1. The molecule has 0 saturated heterocycles. The third-order valence-corrected chi connectivity index (χ3v) is 20.4. The molecule has 0 fully saturated rings. The van der Waals surface area contributed by atoms with Crippen LogP contribution in [0.5, 0.6) is 5.75 Å². The van der Waals surface area contributed by atoms with Gasteiger partial charge in [0, 0.05) is 55.6 Å². The summed E-state index contributed by atoms with van der Waals surface area (Å²) < 4.78 is 0. The first kappa shape index (κ1) is 99.6. The van der Waals surface area contributed by atoms with E-state index in [1.807, 2.05) is 0 Å². The quantitative estimate of drug-likeness (QED) is 0.0168. The highest BCUT2D eigenvalue weighted by Gasteiger charge is 2.40. The Kier molecular flexibility index (Phi) is 40.2. The molecule has 27 N–H and O–H groups in total. The number of carboxylic acid groups (broad SMARTS) is 1. The van der Waals surface area contributed by atoms with E-state index in [0.29, 0.717) is 57.1 Å². The van der Waals surface area contributed by atoms with E-state index in [9.17, 15) is 83.1 Å². The Morgan fingerprint density at radius 1 is 0.365 bits per heavy atom. The molecule has 6 aromatic carbocycles. The number of aromatic nitrogens is 1. The minimum Gasteiger partial charge on any atom is -0.508 e. The Balaban J connectivity index is 1.14. The molecule has 7 aromatic rings. The molecule has 0 spiro atoms. The van der Waals surface area contributed by atoms with Crippen molar-refractivity contribution in [2.75, 3.05) is 26.2 Å². The van der Waals surface area contributed by atoms with Crippen molar-refractivity contribution >= 4 is 99.6 Å². The number of hydrogen-bond acceptors (Lipinski definition) is 22. The molecular weight excluding hydrogens is 1630 g/mol. The number of H-pyrrole nitrogens is 1. The van der Waals surface area contributed by atoms with Gasteiger partial charge in [-0.2, -0.15) is 0 Å². The summed E-state index contributed by atoms with van der Waals surface area (Å²) in [6.45, 7) is 2.30. The lowest BCUT2D eigenvalue weighted by atomic mass is 10.00. The molecule has 0 bridgehead atoms. The Morgan fingerprint density at radius 3 is 1.10 bits per heavy atom. The second-order valence-corrected chi connectivity index (χ2v) is 30.6. The summed E-state index contributed by atoms with van der Waals surface area (Å²) in [4.78, 5) is 216. The molecule has 14 amide bonds. The SMILES string of the molecule is C[C@H](N)C(=O)NCC(=O)N[C@@H](Cc1ccccc1)C(=O)N[C@@H](CCCCN)C(=O)N[C@@H](CC(N)=O)C(=O)N[C@@H](Cc1ccccc1)C(=O)N[C@@H](Cc1ccccc1)C(=O)N[C@@H](Cc1c[nH]c2ccccc12)C(=O)N[C@@H](CCCCN)C(=O)N[C@H](C(=O)N[C@@H](Cc1ccccc1)C(=O)N[C@H](C(=O)N[C@@H](CO)C(=O)N[C@@H](Cc1ccc(O)cc1)C(=O)O)[C@@H](C)O)[C@@H](C)O. The average Bonchev–Trinajstić information content (AvgIpc) is 1.68. The first-order chi connectivity index (χ1) is 60.2. The molecular formula is C88H114N18O20. The lowest BCUT2D eigenvalue weighted by molar-refractivity contribution is -0.142. The number of rotatable bonds is 52. The molecule has 126 heavy (non-hydrogen) atoms. The van der Waals surface area contributed by atoms with Gasteiger partial charge in [0.15, 0.2) is 0 Å². The van der Waals surface area contributed by atoms with Crippen LogP contribution in [0.25, 0.3) is 10.9 Å². The van der Waals surface area contributed by atoms with Gasteiger partial charge in [-0.1, -0.05) is 152 Å². The molecule has 0 unspecified atom stereocenters. The van der Waals surface area contributed by atoms with Crippen molar-refractivity contribution < 1.29 is 97.5 Å². The summed E-state index contributed by atoms with van der Waals surface area (Å²) in [7, 11) is 0. The van der Waals surface area contributed by atoms with Gasteiger partial charge < -0.3 is 123 Å². The van der Waals surface area contributed by atoms with Crippen LogP contribution in [0.4, 0.5) is 0 Å². The van der Waals surface area contributed by atoms with Gasteiger partial charge in [-0.3, -0.25) is 67.1 Å². The van der Waals surface area contributed by atoms with Crippen molar-refractivity contribution in [3.63, 3.8) is 0 Å². The number of primary amides is 1. The first-order valence-corrected chi connectivity index (χ1v) is 41.3. The normalized spacial score (nSPS) is 14.7. The number of nitrogens with two attached hydrogens (primary N) is 4. The fourth-order valence-electron chi connectivity index (χ4n) is 13.5. The zero-order valence-electron chi connectivity index (χ0n) is 70.1. The number of benzene rings is 6. The number of aliphatic carboxylic acids is 1. The number of carbonyl (C=O) groups is 15. The number of fused-ring (bicyclic) bond motifs is 1. The van der Waals surface area contributed by atoms with Gasteiger partial charge in [-0.05, 0) is 124 Å². The summed E-state index contributed by atoms with van der Waals surface area (Å²) in [5, 5.41) is 85.8. The molecule has 0 aliphatic carbocycles. The van der Waals surface area contributed by atoms with Crippen molar-refractivity contribution in [2.24, 2.45) is 22.9 Å². The number of para-hydroxylation sites is 1. The Bertz CT molecular complexity index is 4800. The van der Waals surface area contributed by atoms with E-state index in [4.69, 9.17) is 22.9 Å². The summed E-state index contributed by atoms with van der Waals surface area (Å²) in [5.41, 5.74) is 26.7. The van der Waals surface area contributed by atoms with Crippen LogP contribution >= 0.6 is 0 Å². The number of carboxylic acids is 1. The highest BCUT2D eigenvalue weighted by atomic mass is 16.4. The minimum absolute atomic E-state index is 0.0819. The number of phenolic OH excluding ortho intramolecular Hbond substituents is 1. The van der Waals surface area contributed by atoms with Crippen molar-refractivity contribution in [1.29, 1.82) is 0 Å². The minimum atomic E-state index is -1.93. The fraction of sp³-hybridized carbons (Fsp3) is 0.398. The zero-order chi connectivity index (χ0) is 91.9. The van der Waals surface area contributed by atoms with Crippen molar-refractivity contribution in [1.82, 2.24) is 74.1 Å². The number of aromatic hydroxyl groups is 1. The Labute approximate surface area is 727 Å². The van der Waals surface area contributed by atoms with Crippen LogP contribution in [-0.4, -0.2) is 236 Å². The Hall–Kier alpha value is -13.5. The van der Waals surface area contributed by atoms with Crippen LogP contribution in [0.1, 0.15) is 99.1 Å². The summed E-state index contributed by atoms with van der Waals surface area (Å²) in [6.07, 6.45) is -3.51. The topological polar surface area (TPSA) is 633 Å². The molecule has 38 heteroatoms. The van der Waals surface area contributed by atoms with Crippen molar-refractivity contribution in [3.8, 4) is 5.75 Å². The van der Waals surface area contributed by atoms with E-state index >= 15 is 14.4 Å². The monoisotopic (exact) mass is 1740 g/mol. The summed E-state index contributed by atoms with van der Waals surface area (Å²) >= 11 is 0. The average molecular weight is 1740 g/mol. The lowest BCUT2D eigenvalue weighted by Gasteiger charge is -2.29. The Morgan fingerprint density at radius 2 is 0.690 bits per heavy atom. The molecule has 0 radical (unpaired) electrons. The molecule has 0 aliphatic heterocycles. The van der Waals surface area contributed by atoms with Gasteiger partial charge in [0.05, 0.1) is 37.8 Å². The van der Waals surface area contributed by atoms with E-state index < -0.39 is 199 Å². The van der Waals surface area contributed by atoms with Gasteiger partial charge in [0.2, 0.25) is 82.7 Å². The van der Waals surface area contributed by atoms with Gasteiger partial charge in [-0.15, -0.1) is 0 Å². The lowest BCUT2D eigenvalue weighted by Crippen LogP contribution is -2.63. The number of nitrogens with one attached hydrogen (secondary N) is 14. The van der Waals surface area contributed by atoms with E-state index in [1.165, 1.54) is 31.2 Å². The van der Waals surface area contributed by atoms with Crippen LogP contribution in [-0.2, 0) is 110 Å². The van der Waals surface area contributed by atoms with Crippen molar-refractivity contribution in [3.05, 3.63) is 209 Å². The van der Waals surface area contributed by atoms with Gasteiger partial charge in [-0.25, -0.2) is 4.79 Å². The number of hydrogen-bond donors (Lipinski definition) is 23. The molecule has 1 aromatic heterocycles. The summed E-state index contributed by atoms with van der Waals surface area (Å²) in [5.74, 6) is -15.8. The van der Waals surface area contributed by atoms with Crippen LogP contribution in [0.2, 0.25) is 0 Å². The van der Waals surface area contributed by atoms with Gasteiger partial charge >= 0.3 is 5.97 Å². The van der Waals surface area contributed by atoms with Crippen molar-refractivity contribution in [2.45, 2.75) is 195 Å². The van der Waals surface area contributed by atoms with E-state index in [-0.39, 0.29) is 83.0 Å². The molecule has 15 atom stereocenters. The number of aliphatic hydroxyl groups excluding tert-OH is 3. The maximum absolute atomic E-state index is 15.5. The smallest absolute Gasteiger partial charge is 0.326 e. The predicted molar refractivity (Wildman–Crippen MR) is 462 cm³/mol. The molecule has 38 nitrogen and oxygen atoms in total. The van der Waals surface area contributed by atoms with Crippen LogP contribution < -0.4 is 92.1 Å². The third-order valence-electron chi connectivity index (χ3n) is 20.4. The fourth-order valence-corrected chi connectivity index (χ4v) is 13.5. The standard InChI is InChI=1S/C88H114N18O20/c1-50(91)76(113)94-48-73(112)95-64(40-53-22-8-4-9-23-53)79(116)96-62(32-18-20-38-89)77(114)101-69(46-72(92)111)83(120)99-65(41-54-24-10-5-11-25-54)80(117)98-66(42-55-26-12-6-13-27-55)81(118)100-68(45-58-47-93-61-31-17-16-30-60(58)61)82(119)97-63(33-19-21-39-90)78(115)105-74(51(2)108)86(123)102-67(43-56-28-14-7-15-29-56)84(121)106-75(52(3)109)87(124)104-71(49-107)85(122)103-70(88(125)126)44-57-34-36-59(110)37-35-57/h4-17,22-31,34-37,47,50-52,62-71,74-75,93,107-110H,18-21,32-33,38-46,48-49,89-91H2,1-3H3,(H2,92,111)(H,94,113)(H,95,112)(H,96,116)(H,97,119)(H,98,117)(H,99,120)(H,100,118)(H,101,114)(H,102,123)(H,103,122)(H,104,124)(H,105,115)(H,106,121)(H,125,126)/t50-,51+,52+,62-,63-,64-,65-,66-,67-,68-,69-,70-,71-,74-,75-/m0/s1. The number of carbonyl (C=O) groups excluding carboxylic acids is 14. The molecule has 7 rings (SSSR count). The maximum atomic E-state index is 15.5. The number of aromatic amines is 1. The number of unbranched alkanes of at least 4 members (excludes halogenated alkanes) is 2. The maximum Gasteiger partial charge on any atom is 0.326 e. The molecule has 0 aliphatic rings. The van der Waals surface area contributed by atoms with Crippen LogP contribution in [0.3, 0.4) is 0 Å². The summed E-state index contributed by atoms with van der Waals surface area (Å²) in [6, 6.07) is 24.6. The second-order valence-electron chi connectivity index (χ2n) is 30.6. The van der Waals surface area contributed by atoms with Crippen LogP contribution in [0, 0.1) is 0 Å². The third kappa shape index (κ3) is 32.6. The van der Waals surface area contributed by atoms with E-state index in [0.717, 1.165) is 13.8 Å². The van der Waals surface area contributed by atoms with E-state index in [1.54, 1.807) is 152 Å². The van der Waals surface area contributed by atoms with E-state index in [2.05, 4.69) is 74.1 Å². The predicted octanol–water partition coefficient (Wildman–Crippen LogP) is -3.12. The number of aliphatic hydroxyl groups is 3. The second kappa shape index (κ2) is 50.9. The number of phenols is 1. The first-order valence-electron chi connectivity index (χ1n) is 41.3. The highest BCUT2D eigenvalue weighted by Crippen LogP contribution is 2.21. The molecule has 676 valence electrons. The van der Waals surface area contributed by atoms with Gasteiger partial charge in [0.1, 0.15) is 78.3 Å². The van der Waals surface area contributed by atoms with Gasteiger partial charge in [0.25, 0.3) is 0 Å². The largest absolute Gasteiger partial charge is 0.508 e.